The largest absolute Gasteiger partial charge is 0.352 e. The Labute approximate surface area is 143 Å². The van der Waals surface area contributed by atoms with Crippen molar-refractivity contribution >= 4 is 44.9 Å². The second kappa shape index (κ2) is 6.80. The molecule has 2 aromatic rings. The molecule has 1 fully saturated rings. The highest BCUT2D eigenvalue weighted by Crippen LogP contribution is 2.31. The van der Waals surface area contributed by atoms with Gasteiger partial charge in [-0.05, 0) is 49.4 Å². The first-order valence-corrected chi connectivity index (χ1v) is 9.23. The highest BCUT2D eigenvalue weighted by atomic mass is 32.1. The number of aryl methyl sites for hydroxylation is 1. The molecule has 122 valence electrons. The van der Waals surface area contributed by atoms with E-state index in [-0.39, 0.29) is 11.8 Å². The Hall–Kier alpha value is -1.73. The van der Waals surface area contributed by atoms with E-state index in [1.54, 1.807) is 0 Å². The summed E-state index contributed by atoms with van der Waals surface area (Å²) < 4.78 is 4.37. The van der Waals surface area contributed by atoms with Crippen LogP contribution in [0, 0.1) is 12.8 Å². The molecule has 0 radical (unpaired) electrons. The fraction of sp³-hybridized carbons (Fsp3) is 0.438. The van der Waals surface area contributed by atoms with Crippen LogP contribution < -0.4 is 5.32 Å². The lowest BCUT2D eigenvalue weighted by atomic mass is 9.98. The van der Waals surface area contributed by atoms with Crippen LogP contribution in [0.15, 0.2) is 18.7 Å². The molecule has 2 aromatic heterocycles. The summed E-state index contributed by atoms with van der Waals surface area (Å²) in [4.78, 5) is 28.8. The van der Waals surface area contributed by atoms with Gasteiger partial charge in [0.2, 0.25) is 5.91 Å². The Morgan fingerprint density at radius 1 is 1.57 bits per heavy atom. The Bertz CT molecular complexity index is 750. The normalized spacial score (nSPS) is 18.1. The summed E-state index contributed by atoms with van der Waals surface area (Å²) in [6, 6.07) is 1.96. The molecule has 0 bridgehead atoms. The third-order valence-corrected chi connectivity index (χ3v) is 6.02. The van der Waals surface area contributed by atoms with Gasteiger partial charge in [0.25, 0.3) is 5.91 Å². The van der Waals surface area contributed by atoms with Crippen LogP contribution in [-0.2, 0) is 4.79 Å². The topological polar surface area (TPSA) is 62.3 Å². The number of rotatable bonds is 4. The number of carbonyl (C=O) groups excluding carboxylic acids is 2. The molecule has 0 saturated carbocycles. The number of nitrogens with zero attached hydrogens (tertiary/aromatic N) is 2. The Kier molecular flexibility index (Phi) is 4.77. The van der Waals surface area contributed by atoms with Crippen LogP contribution in [0.25, 0.3) is 10.2 Å². The van der Waals surface area contributed by atoms with Crippen molar-refractivity contribution in [3.63, 3.8) is 0 Å². The maximum atomic E-state index is 12.7. The molecule has 23 heavy (non-hydrogen) atoms. The van der Waals surface area contributed by atoms with E-state index in [0.29, 0.717) is 19.0 Å². The summed E-state index contributed by atoms with van der Waals surface area (Å²) in [7, 11) is 0. The molecule has 3 heterocycles. The van der Waals surface area contributed by atoms with Crippen molar-refractivity contribution in [1.29, 1.82) is 0 Å². The average molecular weight is 349 g/mol. The molecule has 2 amide bonds. The Morgan fingerprint density at radius 3 is 3.13 bits per heavy atom. The van der Waals surface area contributed by atoms with E-state index in [1.807, 2.05) is 17.9 Å². The number of likely N-dealkylation sites (tertiary alicyclic amines) is 1. The molecule has 3 rings (SSSR count). The SMILES string of the molecule is C=CC(=O)NC[C@H]1CCCN(C(=O)c2cc3c(C)snc3s2)C1. The van der Waals surface area contributed by atoms with Crippen LogP contribution >= 0.6 is 22.9 Å². The standard InChI is InChI=1S/C16H19N3O2S2/c1-3-14(20)17-8-11-5-4-6-19(9-11)16(21)13-7-12-10(2)23-18-15(12)22-13/h3,7,11H,1,4-6,8-9H2,2H3,(H,17,20)/t11-/m1/s1. The minimum atomic E-state index is -0.159. The lowest BCUT2D eigenvalue weighted by Gasteiger charge is -2.32. The second-order valence-electron chi connectivity index (χ2n) is 5.78. The molecule has 1 N–H and O–H groups in total. The summed E-state index contributed by atoms with van der Waals surface area (Å²) in [5.41, 5.74) is 0. The summed E-state index contributed by atoms with van der Waals surface area (Å²) >= 11 is 2.95. The molecule has 0 unspecified atom stereocenters. The summed E-state index contributed by atoms with van der Waals surface area (Å²) in [5.74, 6) is 0.224. The molecule has 1 aliphatic rings. The third-order valence-electron chi connectivity index (χ3n) is 4.12. The molecule has 0 aliphatic carbocycles. The van der Waals surface area contributed by atoms with Crippen molar-refractivity contribution < 1.29 is 9.59 Å². The minimum absolute atomic E-state index is 0.0807. The van der Waals surface area contributed by atoms with Crippen molar-refractivity contribution in [2.24, 2.45) is 5.92 Å². The van der Waals surface area contributed by atoms with E-state index in [9.17, 15) is 9.59 Å². The van der Waals surface area contributed by atoms with Gasteiger partial charge >= 0.3 is 0 Å². The first-order chi connectivity index (χ1) is 11.1. The van der Waals surface area contributed by atoms with Crippen molar-refractivity contribution in [3.8, 4) is 0 Å². The Morgan fingerprint density at radius 2 is 2.39 bits per heavy atom. The molecule has 5 nitrogen and oxygen atoms in total. The quantitative estimate of drug-likeness (QED) is 0.864. The number of amides is 2. The van der Waals surface area contributed by atoms with Gasteiger partial charge in [-0.1, -0.05) is 6.58 Å². The van der Waals surface area contributed by atoms with Crippen molar-refractivity contribution in [2.45, 2.75) is 19.8 Å². The Balaban J connectivity index is 1.66. The number of piperidine rings is 1. The highest BCUT2D eigenvalue weighted by molar-refractivity contribution is 7.22. The number of aromatic nitrogens is 1. The lowest BCUT2D eigenvalue weighted by molar-refractivity contribution is -0.116. The number of thiophene rings is 1. The van der Waals surface area contributed by atoms with Gasteiger partial charge in [-0.15, -0.1) is 11.3 Å². The number of hydrogen-bond acceptors (Lipinski definition) is 5. The fourth-order valence-corrected chi connectivity index (χ4v) is 4.68. The fourth-order valence-electron chi connectivity index (χ4n) is 2.86. The van der Waals surface area contributed by atoms with Gasteiger partial charge in [0.05, 0.1) is 4.88 Å². The van der Waals surface area contributed by atoms with Gasteiger partial charge in [-0.25, -0.2) is 0 Å². The number of fused-ring (bicyclic) bond motifs is 1. The van der Waals surface area contributed by atoms with Crippen LogP contribution in [0.5, 0.6) is 0 Å². The molecule has 7 heteroatoms. The monoisotopic (exact) mass is 349 g/mol. The maximum Gasteiger partial charge on any atom is 0.264 e. The summed E-state index contributed by atoms with van der Waals surface area (Å²) in [5, 5.41) is 3.92. The van der Waals surface area contributed by atoms with Crippen molar-refractivity contribution in [3.05, 3.63) is 28.5 Å². The molecule has 1 aliphatic heterocycles. The van der Waals surface area contributed by atoms with Crippen LogP contribution in [0.4, 0.5) is 0 Å². The smallest absolute Gasteiger partial charge is 0.264 e. The van der Waals surface area contributed by atoms with Gasteiger partial charge in [0.1, 0.15) is 4.83 Å². The predicted molar refractivity (Wildman–Crippen MR) is 94.1 cm³/mol. The van der Waals surface area contributed by atoms with Gasteiger partial charge in [-0.3, -0.25) is 9.59 Å². The average Bonchev–Trinajstić information content (AvgIpc) is 3.14. The molecule has 1 atom stereocenters. The van der Waals surface area contributed by atoms with E-state index in [1.165, 1.54) is 28.9 Å². The van der Waals surface area contributed by atoms with Gasteiger partial charge in [0, 0.05) is 29.9 Å². The zero-order chi connectivity index (χ0) is 16.4. The van der Waals surface area contributed by atoms with E-state index < -0.39 is 0 Å². The van der Waals surface area contributed by atoms with Gasteiger partial charge in [-0.2, -0.15) is 4.37 Å². The van der Waals surface area contributed by atoms with Gasteiger partial charge in [0.15, 0.2) is 0 Å². The predicted octanol–water partition coefficient (Wildman–Crippen LogP) is 2.82. The number of carbonyl (C=O) groups is 2. The van der Waals surface area contributed by atoms with E-state index >= 15 is 0 Å². The molecule has 0 aromatic carbocycles. The van der Waals surface area contributed by atoms with Crippen LogP contribution in [0.1, 0.15) is 27.4 Å². The minimum Gasteiger partial charge on any atom is -0.352 e. The van der Waals surface area contributed by atoms with Gasteiger partial charge < -0.3 is 10.2 Å². The zero-order valence-corrected chi connectivity index (χ0v) is 14.6. The zero-order valence-electron chi connectivity index (χ0n) is 13.0. The first-order valence-electron chi connectivity index (χ1n) is 7.64. The first kappa shape index (κ1) is 16.1. The van der Waals surface area contributed by atoms with Crippen molar-refractivity contribution in [2.75, 3.05) is 19.6 Å². The van der Waals surface area contributed by atoms with E-state index in [2.05, 4.69) is 16.3 Å². The van der Waals surface area contributed by atoms with E-state index in [0.717, 1.165) is 39.4 Å². The maximum absolute atomic E-state index is 12.7. The van der Waals surface area contributed by atoms with Crippen LogP contribution in [0.2, 0.25) is 0 Å². The number of nitrogens with one attached hydrogen (secondary N) is 1. The molecule has 1 saturated heterocycles. The van der Waals surface area contributed by atoms with Crippen LogP contribution in [-0.4, -0.2) is 40.7 Å². The van der Waals surface area contributed by atoms with Crippen molar-refractivity contribution in [1.82, 2.24) is 14.6 Å². The third kappa shape index (κ3) is 3.45. The highest BCUT2D eigenvalue weighted by Gasteiger charge is 2.26. The summed E-state index contributed by atoms with van der Waals surface area (Å²) in [6.07, 6.45) is 3.27. The lowest BCUT2D eigenvalue weighted by Crippen LogP contribution is -2.43. The molecular formula is C16H19N3O2S2. The second-order valence-corrected chi connectivity index (χ2v) is 7.79. The van der Waals surface area contributed by atoms with Crippen LogP contribution in [0.3, 0.4) is 0 Å². The molecular weight excluding hydrogens is 330 g/mol. The number of hydrogen-bond donors (Lipinski definition) is 1. The molecule has 0 spiro atoms. The summed E-state index contributed by atoms with van der Waals surface area (Å²) in [6.45, 7) is 7.54. The van der Waals surface area contributed by atoms with E-state index in [4.69, 9.17) is 0 Å².